The molecule has 0 aliphatic heterocycles. The second-order valence-corrected chi connectivity index (χ2v) is 5.76. The highest BCUT2D eigenvalue weighted by Gasteiger charge is 2.33. The standard InChI is InChI=1S/C14H19ClN2O2/c1-10-6-12(15)11(7-16-10)13(19)17-8-14(9-18)4-2-3-5-14/h6-7,18H,2-5,8-9H2,1H3,(H,17,19). The third-order valence-corrected chi connectivity index (χ3v) is 4.17. The molecular weight excluding hydrogens is 264 g/mol. The molecule has 0 saturated heterocycles. The summed E-state index contributed by atoms with van der Waals surface area (Å²) in [6.45, 7) is 2.44. The third-order valence-electron chi connectivity index (χ3n) is 3.86. The second kappa shape index (κ2) is 5.88. The van der Waals surface area contributed by atoms with Crippen LogP contribution in [-0.2, 0) is 0 Å². The first-order valence-corrected chi connectivity index (χ1v) is 6.95. The fourth-order valence-electron chi connectivity index (χ4n) is 2.57. The quantitative estimate of drug-likeness (QED) is 0.891. The maximum Gasteiger partial charge on any atom is 0.254 e. The molecule has 1 fully saturated rings. The van der Waals surface area contributed by atoms with Crippen molar-refractivity contribution in [3.05, 3.63) is 28.5 Å². The number of halogens is 1. The molecule has 104 valence electrons. The van der Waals surface area contributed by atoms with Crippen LogP contribution in [0.3, 0.4) is 0 Å². The topological polar surface area (TPSA) is 62.2 Å². The van der Waals surface area contributed by atoms with Crippen molar-refractivity contribution in [1.82, 2.24) is 10.3 Å². The van der Waals surface area contributed by atoms with Gasteiger partial charge in [0, 0.05) is 23.9 Å². The number of nitrogens with zero attached hydrogens (tertiary/aromatic N) is 1. The van der Waals surface area contributed by atoms with Crippen molar-refractivity contribution in [1.29, 1.82) is 0 Å². The summed E-state index contributed by atoms with van der Waals surface area (Å²) < 4.78 is 0. The van der Waals surface area contributed by atoms with Gasteiger partial charge in [-0.1, -0.05) is 24.4 Å². The van der Waals surface area contributed by atoms with E-state index < -0.39 is 0 Å². The molecule has 0 unspecified atom stereocenters. The zero-order valence-electron chi connectivity index (χ0n) is 11.1. The molecule has 1 aliphatic rings. The molecule has 0 bridgehead atoms. The number of hydrogen-bond acceptors (Lipinski definition) is 3. The molecule has 5 heteroatoms. The van der Waals surface area contributed by atoms with Crippen LogP contribution in [0.4, 0.5) is 0 Å². The van der Waals surface area contributed by atoms with E-state index >= 15 is 0 Å². The van der Waals surface area contributed by atoms with Gasteiger partial charge in [0.2, 0.25) is 0 Å². The largest absolute Gasteiger partial charge is 0.396 e. The number of carbonyl (C=O) groups is 1. The van der Waals surface area contributed by atoms with Crippen molar-refractivity contribution in [3.8, 4) is 0 Å². The Morgan fingerprint density at radius 2 is 2.21 bits per heavy atom. The van der Waals surface area contributed by atoms with Gasteiger partial charge in [0.25, 0.3) is 5.91 Å². The lowest BCUT2D eigenvalue weighted by molar-refractivity contribution is 0.0880. The second-order valence-electron chi connectivity index (χ2n) is 5.35. The summed E-state index contributed by atoms with van der Waals surface area (Å²) in [5, 5.41) is 12.8. The SMILES string of the molecule is Cc1cc(Cl)c(C(=O)NCC2(CO)CCCC2)cn1. The normalized spacial score (nSPS) is 17.4. The summed E-state index contributed by atoms with van der Waals surface area (Å²) in [5.74, 6) is -0.225. The van der Waals surface area contributed by atoms with Crippen molar-refractivity contribution in [3.63, 3.8) is 0 Å². The minimum atomic E-state index is -0.225. The summed E-state index contributed by atoms with van der Waals surface area (Å²) in [6.07, 6.45) is 5.65. The van der Waals surface area contributed by atoms with Crippen LogP contribution >= 0.6 is 11.6 Å². The first-order chi connectivity index (χ1) is 9.06. The fourth-order valence-corrected chi connectivity index (χ4v) is 2.86. The van der Waals surface area contributed by atoms with Gasteiger partial charge in [-0.2, -0.15) is 0 Å². The molecule has 0 aromatic carbocycles. The van der Waals surface area contributed by atoms with E-state index in [1.165, 1.54) is 6.20 Å². The van der Waals surface area contributed by atoms with Gasteiger partial charge in [-0.15, -0.1) is 0 Å². The van der Waals surface area contributed by atoms with Gasteiger partial charge in [0.1, 0.15) is 0 Å². The van der Waals surface area contributed by atoms with Gasteiger partial charge >= 0.3 is 0 Å². The fraction of sp³-hybridized carbons (Fsp3) is 0.571. The van der Waals surface area contributed by atoms with E-state index in [1.54, 1.807) is 6.07 Å². The molecule has 2 N–H and O–H groups in total. The number of rotatable bonds is 4. The van der Waals surface area contributed by atoms with E-state index in [4.69, 9.17) is 11.6 Å². The first kappa shape index (κ1) is 14.3. The number of aryl methyl sites for hydroxylation is 1. The number of amides is 1. The van der Waals surface area contributed by atoms with Crippen LogP contribution in [0.2, 0.25) is 5.02 Å². The average molecular weight is 283 g/mol. The maximum absolute atomic E-state index is 12.1. The Morgan fingerprint density at radius 3 is 2.79 bits per heavy atom. The Balaban J connectivity index is 2.01. The smallest absolute Gasteiger partial charge is 0.254 e. The van der Waals surface area contributed by atoms with Gasteiger partial charge < -0.3 is 10.4 Å². The number of nitrogens with one attached hydrogen (secondary N) is 1. The van der Waals surface area contributed by atoms with Crippen LogP contribution in [0.1, 0.15) is 41.7 Å². The first-order valence-electron chi connectivity index (χ1n) is 6.57. The summed E-state index contributed by atoms with van der Waals surface area (Å²) in [7, 11) is 0. The molecule has 1 aromatic heterocycles. The number of carbonyl (C=O) groups excluding carboxylic acids is 1. The van der Waals surface area contributed by atoms with Gasteiger partial charge in [-0.3, -0.25) is 9.78 Å². The van der Waals surface area contributed by atoms with Crippen molar-refractivity contribution >= 4 is 17.5 Å². The minimum absolute atomic E-state index is 0.118. The van der Waals surface area contributed by atoms with Gasteiger partial charge in [0.15, 0.2) is 0 Å². The van der Waals surface area contributed by atoms with Crippen LogP contribution in [0.25, 0.3) is 0 Å². The van der Waals surface area contributed by atoms with Crippen molar-refractivity contribution in [2.24, 2.45) is 5.41 Å². The Kier molecular flexibility index (Phi) is 4.42. The highest BCUT2D eigenvalue weighted by Crippen LogP contribution is 2.36. The molecule has 0 atom stereocenters. The maximum atomic E-state index is 12.1. The monoisotopic (exact) mass is 282 g/mol. The molecule has 1 aromatic rings. The number of hydrogen-bond donors (Lipinski definition) is 2. The van der Waals surface area contributed by atoms with Gasteiger partial charge in [0.05, 0.1) is 17.2 Å². The molecule has 19 heavy (non-hydrogen) atoms. The molecule has 4 nitrogen and oxygen atoms in total. The predicted molar refractivity (Wildman–Crippen MR) is 74.3 cm³/mol. The molecule has 0 radical (unpaired) electrons. The third kappa shape index (κ3) is 3.25. The van der Waals surface area contributed by atoms with E-state index in [2.05, 4.69) is 10.3 Å². The Bertz CT molecular complexity index is 471. The van der Waals surface area contributed by atoms with Crippen LogP contribution in [0, 0.1) is 12.3 Å². The van der Waals surface area contributed by atoms with Crippen LogP contribution in [-0.4, -0.2) is 29.1 Å². The van der Waals surface area contributed by atoms with Crippen molar-refractivity contribution < 1.29 is 9.90 Å². The Labute approximate surface area is 118 Å². The molecule has 1 amide bonds. The zero-order valence-corrected chi connectivity index (χ0v) is 11.8. The van der Waals surface area contributed by atoms with Crippen LogP contribution < -0.4 is 5.32 Å². The lowest BCUT2D eigenvalue weighted by Crippen LogP contribution is -2.38. The predicted octanol–water partition coefficient (Wildman–Crippen LogP) is 2.33. The zero-order chi connectivity index (χ0) is 13.9. The van der Waals surface area contributed by atoms with E-state index in [0.717, 1.165) is 31.4 Å². The van der Waals surface area contributed by atoms with Gasteiger partial charge in [-0.25, -0.2) is 0 Å². The van der Waals surface area contributed by atoms with Crippen LogP contribution in [0.5, 0.6) is 0 Å². The Morgan fingerprint density at radius 1 is 1.53 bits per heavy atom. The van der Waals surface area contributed by atoms with Crippen LogP contribution in [0.15, 0.2) is 12.3 Å². The molecule has 1 heterocycles. The van der Waals surface area contributed by atoms with Crippen molar-refractivity contribution in [2.45, 2.75) is 32.6 Å². The number of aliphatic hydroxyl groups excluding tert-OH is 1. The van der Waals surface area contributed by atoms with E-state index in [1.807, 2.05) is 6.92 Å². The lowest BCUT2D eigenvalue weighted by atomic mass is 9.87. The highest BCUT2D eigenvalue weighted by molar-refractivity contribution is 6.33. The minimum Gasteiger partial charge on any atom is -0.396 e. The van der Waals surface area contributed by atoms with Gasteiger partial charge in [-0.05, 0) is 25.8 Å². The summed E-state index contributed by atoms with van der Waals surface area (Å²) >= 11 is 6.04. The summed E-state index contributed by atoms with van der Waals surface area (Å²) in [5.41, 5.74) is 1.02. The highest BCUT2D eigenvalue weighted by atomic mass is 35.5. The molecule has 2 rings (SSSR count). The number of pyridine rings is 1. The molecule has 1 aliphatic carbocycles. The molecular formula is C14H19ClN2O2. The Hall–Kier alpha value is -1.13. The van der Waals surface area contributed by atoms with E-state index in [-0.39, 0.29) is 17.9 Å². The summed E-state index contributed by atoms with van der Waals surface area (Å²) in [6, 6.07) is 1.67. The lowest BCUT2D eigenvalue weighted by Gasteiger charge is -2.26. The van der Waals surface area contributed by atoms with E-state index in [9.17, 15) is 9.90 Å². The summed E-state index contributed by atoms with van der Waals surface area (Å²) in [4.78, 5) is 16.2. The number of aromatic nitrogens is 1. The molecule has 0 spiro atoms. The molecule has 1 saturated carbocycles. The van der Waals surface area contributed by atoms with E-state index in [0.29, 0.717) is 17.1 Å². The number of aliphatic hydroxyl groups is 1. The average Bonchev–Trinajstić information content (AvgIpc) is 2.85. The van der Waals surface area contributed by atoms with Crippen molar-refractivity contribution in [2.75, 3.05) is 13.2 Å².